The first kappa shape index (κ1) is 53.5. The quantitative estimate of drug-likeness (QED) is 0.144. The molecule has 0 radical (unpaired) electrons. The Kier molecular flexibility index (Phi) is 14.2. The molecular formula is C76H76N2. The molecule has 9 aromatic carbocycles. The van der Waals surface area contributed by atoms with Crippen molar-refractivity contribution < 1.29 is 0 Å². The van der Waals surface area contributed by atoms with Gasteiger partial charge in [-0.2, -0.15) is 0 Å². The van der Waals surface area contributed by atoms with E-state index in [0.717, 1.165) is 39.2 Å². The van der Waals surface area contributed by atoms with Crippen LogP contribution < -0.4 is 0 Å². The molecule has 0 saturated heterocycles. The Morgan fingerprint density at radius 3 is 0.705 bits per heavy atom. The van der Waals surface area contributed by atoms with Crippen molar-refractivity contribution in [2.24, 2.45) is 0 Å². The summed E-state index contributed by atoms with van der Waals surface area (Å²) in [5.41, 5.74) is 42.4. The molecule has 0 saturated carbocycles. The van der Waals surface area contributed by atoms with E-state index in [4.69, 9.17) is 9.97 Å². The molecule has 10 aromatic rings. The number of nitrogens with zero attached hydrogens (tertiary/aromatic N) is 2. The monoisotopic (exact) mass is 1020 g/mol. The van der Waals surface area contributed by atoms with Crippen molar-refractivity contribution in [2.75, 3.05) is 0 Å². The van der Waals surface area contributed by atoms with E-state index < -0.39 is 0 Å². The topological polar surface area (TPSA) is 25.8 Å². The van der Waals surface area contributed by atoms with Gasteiger partial charge in [0, 0.05) is 16.7 Å². The maximum atomic E-state index is 5.81. The van der Waals surface area contributed by atoms with Gasteiger partial charge < -0.3 is 0 Å². The summed E-state index contributed by atoms with van der Waals surface area (Å²) < 4.78 is 0. The number of hydrogen-bond donors (Lipinski definition) is 0. The van der Waals surface area contributed by atoms with Gasteiger partial charge in [0.25, 0.3) is 0 Å². The first-order valence-corrected chi connectivity index (χ1v) is 27.9. The van der Waals surface area contributed by atoms with E-state index >= 15 is 0 Å². The summed E-state index contributed by atoms with van der Waals surface area (Å²) in [6.45, 7) is 40.4. The van der Waals surface area contributed by atoms with Crippen LogP contribution in [-0.2, 0) is 0 Å². The third kappa shape index (κ3) is 9.87. The molecule has 1 heterocycles. The van der Waals surface area contributed by atoms with E-state index in [1.54, 1.807) is 0 Å². The molecule has 0 unspecified atom stereocenters. The zero-order valence-electron chi connectivity index (χ0n) is 49.6. The Hall–Kier alpha value is -7.94. The molecule has 0 fully saturated rings. The second-order valence-electron chi connectivity index (χ2n) is 23.1. The predicted molar refractivity (Wildman–Crippen MR) is 336 cm³/mol. The van der Waals surface area contributed by atoms with Gasteiger partial charge in [0.2, 0.25) is 0 Å². The first-order chi connectivity index (χ1) is 37.1. The molecule has 0 aliphatic rings. The molecular weight excluding hydrogens is 941 g/mol. The Morgan fingerprint density at radius 1 is 0.205 bits per heavy atom. The lowest BCUT2D eigenvalue weighted by molar-refractivity contribution is 1.18. The summed E-state index contributed by atoms with van der Waals surface area (Å²) in [6, 6.07) is 51.1. The van der Waals surface area contributed by atoms with Crippen molar-refractivity contribution in [3.8, 4) is 101 Å². The zero-order valence-corrected chi connectivity index (χ0v) is 49.6. The van der Waals surface area contributed by atoms with Crippen LogP contribution in [0.3, 0.4) is 0 Å². The maximum absolute atomic E-state index is 5.81. The van der Waals surface area contributed by atoms with Gasteiger partial charge >= 0.3 is 0 Å². The molecule has 1 aromatic heterocycles. The normalized spacial score (nSPS) is 11.5. The smallest absolute Gasteiger partial charge is 0.160 e. The van der Waals surface area contributed by atoms with Crippen LogP contribution in [0.2, 0.25) is 0 Å². The van der Waals surface area contributed by atoms with Crippen LogP contribution in [0.25, 0.3) is 101 Å². The summed E-state index contributed by atoms with van der Waals surface area (Å²) in [7, 11) is 0. The standard InChI is InChI=1S/C76H76N2/c1-41-24-60(25-42(2)53(41)13)68-36-64(37-69(61-26-43(3)54(14)44(4)27-61)74(68)65-32-49(9)57(17)50(10)33-65)73-40-72(59-22-20-19-21-23-59)77-76(78-73)67-38-70(62-28-45(5)55(15)46(6)29-62)75(66-34-51(11)58(18)52(12)35-66)71(39-67)63-30-47(7)56(16)48(8)31-63/h19-40H,1-18H3. The van der Waals surface area contributed by atoms with Crippen LogP contribution in [-0.4, -0.2) is 9.97 Å². The zero-order chi connectivity index (χ0) is 55.8. The number of hydrogen-bond acceptors (Lipinski definition) is 2. The lowest BCUT2D eigenvalue weighted by Crippen LogP contribution is -2.01. The molecule has 78 heavy (non-hydrogen) atoms. The highest BCUT2D eigenvalue weighted by Crippen LogP contribution is 2.48. The third-order valence-electron chi connectivity index (χ3n) is 18.0. The van der Waals surface area contributed by atoms with Crippen LogP contribution >= 0.6 is 0 Å². The highest BCUT2D eigenvalue weighted by Gasteiger charge is 2.25. The van der Waals surface area contributed by atoms with E-state index in [1.807, 2.05) is 0 Å². The second-order valence-corrected chi connectivity index (χ2v) is 23.1. The van der Waals surface area contributed by atoms with Gasteiger partial charge in [-0.25, -0.2) is 9.97 Å². The van der Waals surface area contributed by atoms with Gasteiger partial charge in [0.05, 0.1) is 11.4 Å². The molecule has 0 amide bonds. The molecule has 2 heteroatoms. The van der Waals surface area contributed by atoms with Crippen LogP contribution in [0, 0.1) is 125 Å². The average Bonchev–Trinajstić information content (AvgIpc) is 3.47. The van der Waals surface area contributed by atoms with Crippen LogP contribution in [0.1, 0.15) is 100 Å². The van der Waals surface area contributed by atoms with E-state index in [2.05, 4.69) is 258 Å². The van der Waals surface area contributed by atoms with Crippen molar-refractivity contribution in [3.63, 3.8) is 0 Å². The summed E-state index contributed by atoms with van der Waals surface area (Å²) >= 11 is 0. The summed E-state index contributed by atoms with van der Waals surface area (Å²) in [5.74, 6) is 0.679. The van der Waals surface area contributed by atoms with Gasteiger partial charge in [0.1, 0.15) is 0 Å². The highest BCUT2D eigenvalue weighted by molar-refractivity contribution is 6.00. The van der Waals surface area contributed by atoms with Gasteiger partial charge in [-0.05, 0) is 322 Å². The van der Waals surface area contributed by atoms with Gasteiger partial charge in [-0.1, -0.05) is 103 Å². The van der Waals surface area contributed by atoms with Gasteiger partial charge in [-0.15, -0.1) is 0 Å². The first-order valence-electron chi connectivity index (χ1n) is 27.9. The molecule has 2 nitrogen and oxygen atoms in total. The molecule has 0 N–H and O–H groups in total. The highest BCUT2D eigenvalue weighted by atomic mass is 14.9. The fraction of sp³-hybridized carbons (Fsp3) is 0.237. The van der Waals surface area contributed by atoms with Crippen LogP contribution in [0.15, 0.2) is 133 Å². The number of benzene rings is 9. The Bertz CT molecular complexity index is 3550. The third-order valence-corrected chi connectivity index (χ3v) is 18.0. The minimum Gasteiger partial charge on any atom is -0.228 e. The molecule has 390 valence electrons. The molecule has 0 bridgehead atoms. The predicted octanol–water partition coefficient (Wildman–Crippen LogP) is 21.0. The summed E-state index contributed by atoms with van der Waals surface area (Å²) in [6.07, 6.45) is 0. The van der Waals surface area contributed by atoms with Crippen molar-refractivity contribution >= 4 is 0 Å². The fourth-order valence-corrected chi connectivity index (χ4v) is 11.7. The fourth-order valence-electron chi connectivity index (χ4n) is 11.7. The second kappa shape index (κ2) is 20.8. The van der Waals surface area contributed by atoms with E-state index in [0.29, 0.717) is 5.82 Å². The lowest BCUT2D eigenvalue weighted by Gasteiger charge is -2.23. The van der Waals surface area contributed by atoms with E-state index in [9.17, 15) is 0 Å². The Balaban J connectivity index is 1.36. The number of rotatable bonds is 9. The average molecular weight is 1020 g/mol. The van der Waals surface area contributed by atoms with Gasteiger partial charge in [0.15, 0.2) is 5.82 Å². The van der Waals surface area contributed by atoms with Crippen LogP contribution in [0.4, 0.5) is 0 Å². The van der Waals surface area contributed by atoms with Crippen molar-refractivity contribution in [1.29, 1.82) is 0 Å². The summed E-state index contributed by atoms with van der Waals surface area (Å²) in [4.78, 5) is 11.4. The SMILES string of the molecule is Cc1cc(-c2cc(-c3cc(-c4ccccc4)nc(-c4cc(-c5cc(C)c(C)c(C)c5)c(-c5cc(C)c(C)c(C)c5)c(-c5cc(C)c(C)c(C)c5)c4)n3)cc(-c3cc(C)c(C)c(C)c3)c2-c2cc(C)c(C)c(C)c2)cc(C)c1C. The molecule has 0 aliphatic heterocycles. The van der Waals surface area contributed by atoms with Crippen molar-refractivity contribution in [3.05, 3.63) is 234 Å². The number of aromatic nitrogens is 2. The van der Waals surface area contributed by atoms with Crippen molar-refractivity contribution in [1.82, 2.24) is 9.97 Å². The lowest BCUT2D eigenvalue weighted by atomic mass is 9.82. The Labute approximate surface area is 466 Å². The molecule has 0 spiro atoms. The maximum Gasteiger partial charge on any atom is 0.160 e. The van der Waals surface area contributed by atoms with Gasteiger partial charge in [-0.3, -0.25) is 0 Å². The minimum absolute atomic E-state index is 0.679. The molecule has 0 atom stereocenters. The molecule has 0 aliphatic carbocycles. The number of aryl methyl sites for hydroxylation is 12. The van der Waals surface area contributed by atoms with E-state index in [-0.39, 0.29) is 0 Å². The Morgan fingerprint density at radius 2 is 0.436 bits per heavy atom. The summed E-state index contributed by atoms with van der Waals surface area (Å²) in [5, 5.41) is 0. The molecule has 10 rings (SSSR count). The van der Waals surface area contributed by atoms with E-state index in [1.165, 1.54) is 156 Å². The largest absolute Gasteiger partial charge is 0.228 e. The van der Waals surface area contributed by atoms with Crippen molar-refractivity contribution in [2.45, 2.75) is 125 Å². The van der Waals surface area contributed by atoms with Crippen LogP contribution in [0.5, 0.6) is 0 Å². The minimum atomic E-state index is 0.679.